The number of hydrogen-bond donors (Lipinski definition) is 1. The molecule has 7 nitrogen and oxygen atoms in total. The maximum atomic E-state index is 12.2. The van der Waals surface area contributed by atoms with Crippen LogP contribution in [0.4, 0.5) is 5.69 Å². The topological polar surface area (TPSA) is 88.1 Å². The summed E-state index contributed by atoms with van der Waals surface area (Å²) in [6.45, 7) is 2.17. The molecule has 1 N–H and O–H groups in total. The number of hydrogen-bond acceptors (Lipinski definition) is 5. The third kappa shape index (κ3) is 3.99. The zero-order valence-corrected chi connectivity index (χ0v) is 16.3. The van der Waals surface area contributed by atoms with Gasteiger partial charge in [0.1, 0.15) is 5.69 Å². The monoisotopic (exact) mass is 387 g/mol. The van der Waals surface area contributed by atoms with Crippen LogP contribution in [0.25, 0.3) is 11.1 Å². The van der Waals surface area contributed by atoms with E-state index in [2.05, 4.69) is 26.3 Å². The Balaban J connectivity index is 1.50. The molecular weight excluding hydrogens is 366 g/mol. The molecule has 0 radical (unpaired) electrons. The van der Waals surface area contributed by atoms with Crippen molar-refractivity contribution in [2.24, 2.45) is 0 Å². The fraction of sp³-hybridized carbons (Fsp3) is 0.227. The largest absolute Gasteiger partial charge is 0.347 e. The number of carbonyl (C=O) groups is 2. The van der Waals surface area contributed by atoms with Crippen molar-refractivity contribution in [3.63, 3.8) is 0 Å². The van der Waals surface area contributed by atoms with Crippen LogP contribution in [0.5, 0.6) is 0 Å². The summed E-state index contributed by atoms with van der Waals surface area (Å²) in [5.41, 5.74) is 6.06. The highest BCUT2D eigenvalue weighted by atomic mass is 16.2. The Kier molecular flexibility index (Phi) is 5.03. The van der Waals surface area contributed by atoms with Crippen molar-refractivity contribution in [1.29, 1.82) is 0 Å². The zero-order chi connectivity index (χ0) is 20.4. The van der Waals surface area contributed by atoms with Crippen molar-refractivity contribution >= 4 is 17.5 Å². The van der Waals surface area contributed by atoms with E-state index in [0.29, 0.717) is 13.0 Å². The van der Waals surface area contributed by atoms with Gasteiger partial charge in [-0.1, -0.05) is 6.07 Å². The van der Waals surface area contributed by atoms with Gasteiger partial charge in [0.25, 0.3) is 5.91 Å². The molecule has 2 aromatic heterocycles. The normalized spacial score (nSPS) is 13.2. The number of anilines is 1. The van der Waals surface area contributed by atoms with E-state index < -0.39 is 0 Å². The molecule has 29 heavy (non-hydrogen) atoms. The Labute approximate surface area is 168 Å². The minimum absolute atomic E-state index is 0.142. The van der Waals surface area contributed by atoms with Crippen molar-refractivity contribution in [2.45, 2.75) is 26.3 Å². The van der Waals surface area contributed by atoms with Crippen molar-refractivity contribution in [1.82, 2.24) is 20.3 Å². The SMILES string of the molecule is Cc1cnc(C(=O)NCc2cncc(-c3ccc4c(c3)CCC(=O)N4C)c2)cn1. The van der Waals surface area contributed by atoms with Gasteiger partial charge in [0.15, 0.2) is 0 Å². The second-order valence-electron chi connectivity index (χ2n) is 7.10. The molecule has 3 aromatic rings. The van der Waals surface area contributed by atoms with E-state index in [9.17, 15) is 9.59 Å². The van der Waals surface area contributed by atoms with Crippen molar-refractivity contribution in [2.75, 3.05) is 11.9 Å². The van der Waals surface area contributed by atoms with Crippen LogP contribution in [0, 0.1) is 6.92 Å². The number of aryl methyl sites for hydroxylation is 2. The highest BCUT2D eigenvalue weighted by Gasteiger charge is 2.21. The lowest BCUT2D eigenvalue weighted by Crippen LogP contribution is -2.30. The smallest absolute Gasteiger partial charge is 0.271 e. The highest BCUT2D eigenvalue weighted by molar-refractivity contribution is 5.96. The molecule has 0 spiro atoms. The molecule has 4 rings (SSSR count). The molecule has 3 heterocycles. The Morgan fingerprint density at radius 3 is 2.72 bits per heavy atom. The first kappa shape index (κ1) is 18.7. The lowest BCUT2D eigenvalue weighted by molar-refractivity contribution is -0.118. The van der Waals surface area contributed by atoms with E-state index in [1.165, 1.54) is 6.20 Å². The van der Waals surface area contributed by atoms with Gasteiger partial charge < -0.3 is 10.2 Å². The summed E-state index contributed by atoms with van der Waals surface area (Å²) in [6.07, 6.45) is 7.84. The van der Waals surface area contributed by atoms with E-state index in [1.54, 1.807) is 23.5 Å². The lowest BCUT2D eigenvalue weighted by atomic mass is 9.96. The van der Waals surface area contributed by atoms with E-state index in [1.807, 2.05) is 32.2 Å². The molecule has 0 atom stereocenters. The predicted octanol–water partition coefficient (Wildman–Crippen LogP) is 2.69. The van der Waals surface area contributed by atoms with Gasteiger partial charge in [-0.15, -0.1) is 0 Å². The third-order valence-corrected chi connectivity index (χ3v) is 5.02. The fourth-order valence-corrected chi connectivity index (χ4v) is 3.36. The number of nitrogens with zero attached hydrogens (tertiary/aromatic N) is 4. The number of amides is 2. The molecule has 0 aliphatic carbocycles. The first-order valence-electron chi connectivity index (χ1n) is 9.42. The summed E-state index contributed by atoms with van der Waals surface area (Å²) in [5.74, 6) is -0.132. The lowest BCUT2D eigenvalue weighted by Gasteiger charge is -2.26. The number of carbonyl (C=O) groups excluding carboxylic acids is 2. The van der Waals surface area contributed by atoms with E-state index >= 15 is 0 Å². The van der Waals surface area contributed by atoms with Crippen LogP contribution in [0.2, 0.25) is 0 Å². The van der Waals surface area contributed by atoms with Crippen molar-refractivity contribution in [3.05, 3.63) is 71.6 Å². The molecule has 0 saturated heterocycles. The first-order chi connectivity index (χ1) is 14.0. The van der Waals surface area contributed by atoms with Crippen LogP contribution in [-0.4, -0.2) is 33.8 Å². The average molecular weight is 387 g/mol. The van der Waals surface area contributed by atoms with Crippen LogP contribution in [-0.2, 0) is 17.8 Å². The fourth-order valence-electron chi connectivity index (χ4n) is 3.36. The number of aromatic nitrogens is 3. The van der Waals surface area contributed by atoms with Crippen molar-refractivity contribution in [3.8, 4) is 11.1 Å². The predicted molar refractivity (Wildman–Crippen MR) is 109 cm³/mol. The molecule has 1 aromatic carbocycles. The molecule has 1 aliphatic rings. The summed E-state index contributed by atoms with van der Waals surface area (Å²) < 4.78 is 0. The summed E-state index contributed by atoms with van der Waals surface area (Å²) in [5, 5.41) is 2.85. The van der Waals surface area contributed by atoms with Gasteiger partial charge in [-0.25, -0.2) is 4.98 Å². The summed E-state index contributed by atoms with van der Waals surface area (Å²) in [7, 11) is 1.81. The Morgan fingerprint density at radius 2 is 1.93 bits per heavy atom. The van der Waals surface area contributed by atoms with Crippen LogP contribution in [0.1, 0.15) is 33.7 Å². The van der Waals surface area contributed by atoms with Crippen LogP contribution in [0.3, 0.4) is 0 Å². The van der Waals surface area contributed by atoms with Gasteiger partial charge in [0.05, 0.1) is 11.9 Å². The van der Waals surface area contributed by atoms with Gasteiger partial charge >= 0.3 is 0 Å². The van der Waals surface area contributed by atoms with Gasteiger partial charge in [-0.05, 0) is 48.2 Å². The van der Waals surface area contributed by atoms with Crippen molar-refractivity contribution < 1.29 is 9.59 Å². The second-order valence-corrected chi connectivity index (χ2v) is 7.10. The Hall–Kier alpha value is -3.61. The maximum Gasteiger partial charge on any atom is 0.271 e. The highest BCUT2D eigenvalue weighted by Crippen LogP contribution is 2.31. The molecule has 0 unspecified atom stereocenters. The number of nitrogens with one attached hydrogen (secondary N) is 1. The maximum absolute atomic E-state index is 12.2. The molecule has 0 fully saturated rings. The van der Waals surface area contributed by atoms with Gasteiger partial charge in [0.2, 0.25) is 5.91 Å². The quantitative estimate of drug-likeness (QED) is 0.744. The minimum Gasteiger partial charge on any atom is -0.347 e. The average Bonchev–Trinajstić information content (AvgIpc) is 2.75. The van der Waals surface area contributed by atoms with Crippen LogP contribution >= 0.6 is 0 Å². The van der Waals surface area contributed by atoms with E-state index in [-0.39, 0.29) is 17.5 Å². The third-order valence-electron chi connectivity index (χ3n) is 5.02. The zero-order valence-electron chi connectivity index (χ0n) is 16.3. The molecular formula is C22H21N5O2. The summed E-state index contributed by atoms with van der Waals surface area (Å²) in [6, 6.07) is 8.09. The molecule has 0 bridgehead atoms. The number of benzene rings is 1. The Bertz CT molecular complexity index is 1080. The van der Waals surface area contributed by atoms with E-state index in [0.717, 1.165) is 40.1 Å². The Morgan fingerprint density at radius 1 is 1.07 bits per heavy atom. The van der Waals surface area contributed by atoms with Gasteiger partial charge in [-0.2, -0.15) is 0 Å². The second kappa shape index (κ2) is 7.79. The van der Waals surface area contributed by atoms with E-state index in [4.69, 9.17) is 0 Å². The first-order valence-corrected chi connectivity index (χ1v) is 9.42. The van der Waals surface area contributed by atoms with Crippen LogP contribution < -0.4 is 10.2 Å². The minimum atomic E-state index is -0.274. The number of rotatable bonds is 4. The molecule has 2 amide bonds. The number of fused-ring (bicyclic) bond motifs is 1. The summed E-state index contributed by atoms with van der Waals surface area (Å²) >= 11 is 0. The van der Waals surface area contributed by atoms with Gasteiger partial charge in [0, 0.05) is 49.9 Å². The number of pyridine rings is 1. The molecule has 146 valence electrons. The molecule has 1 aliphatic heterocycles. The van der Waals surface area contributed by atoms with Crippen LogP contribution in [0.15, 0.2) is 49.1 Å². The molecule has 7 heteroatoms. The molecule has 0 saturated carbocycles. The standard InChI is InChI=1S/C22H21N5O2/c1-14-9-25-19(13-24-14)22(29)26-11-15-7-18(12-23-10-15)16-3-5-20-17(8-16)4-6-21(28)27(20)2/h3,5,7-10,12-13H,4,6,11H2,1-2H3,(H,26,29). The van der Waals surface area contributed by atoms with Gasteiger partial charge in [-0.3, -0.25) is 19.6 Å². The summed E-state index contributed by atoms with van der Waals surface area (Å²) in [4.78, 5) is 38.3.